The van der Waals surface area contributed by atoms with Crippen LogP contribution in [0.15, 0.2) is 24.3 Å². The van der Waals surface area contributed by atoms with Gasteiger partial charge in [0.15, 0.2) is 0 Å². The number of esters is 2. The van der Waals surface area contributed by atoms with Gasteiger partial charge >= 0.3 is 11.9 Å². The lowest BCUT2D eigenvalue weighted by atomic mass is 10.1. The minimum Gasteiger partial charge on any atom is -0.466 e. The summed E-state index contributed by atoms with van der Waals surface area (Å²) in [5.74, 6) is -0.575. The van der Waals surface area contributed by atoms with E-state index in [0.29, 0.717) is 19.4 Å². The Hall–Kier alpha value is -1.91. The quantitative estimate of drug-likeness (QED) is 0.128. The van der Waals surface area contributed by atoms with Crippen molar-refractivity contribution in [2.45, 2.75) is 110 Å². The zero-order valence-corrected chi connectivity index (χ0v) is 19.3. The number of benzene rings is 1. The minimum absolute atomic E-state index is 0.0805. The summed E-state index contributed by atoms with van der Waals surface area (Å²) >= 11 is 0. The predicted molar refractivity (Wildman–Crippen MR) is 123 cm³/mol. The third-order valence-corrected chi connectivity index (χ3v) is 5.30. The van der Waals surface area contributed by atoms with Gasteiger partial charge in [0, 0.05) is 18.9 Å². The third kappa shape index (κ3) is 16.5. The molecule has 176 valence electrons. The first-order chi connectivity index (χ1) is 15.1. The van der Waals surface area contributed by atoms with Crippen molar-refractivity contribution in [2.75, 3.05) is 6.61 Å². The molecule has 1 aromatic rings. The number of hydrogen-bond donors (Lipinski definition) is 0. The smallest absolute Gasteiger partial charge is 0.311 e. The van der Waals surface area contributed by atoms with Gasteiger partial charge in [-0.3, -0.25) is 9.59 Å². The van der Waals surface area contributed by atoms with Crippen LogP contribution in [0.25, 0.3) is 0 Å². The van der Waals surface area contributed by atoms with Gasteiger partial charge in [-0.15, -0.1) is 0 Å². The lowest BCUT2D eigenvalue weighted by molar-refractivity contribution is -0.144. The summed E-state index contributed by atoms with van der Waals surface area (Å²) in [5.41, 5.74) is 0. The van der Waals surface area contributed by atoms with Crippen LogP contribution in [0.4, 0.5) is 4.39 Å². The summed E-state index contributed by atoms with van der Waals surface area (Å²) in [6.45, 7) is 2.79. The second-order valence-corrected chi connectivity index (χ2v) is 8.25. The Labute approximate surface area is 187 Å². The highest BCUT2D eigenvalue weighted by Crippen LogP contribution is 2.14. The molecule has 0 unspecified atom stereocenters. The van der Waals surface area contributed by atoms with Crippen LogP contribution in [0.3, 0.4) is 0 Å². The van der Waals surface area contributed by atoms with E-state index >= 15 is 0 Å². The maximum absolute atomic E-state index is 13.1. The first-order valence-corrected chi connectivity index (χ1v) is 12.2. The molecule has 4 nitrogen and oxygen atoms in total. The highest BCUT2D eigenvalue weighted by atomic mass is 19.1. The molecule has 0 heterocycles. The van der Waals surface area contributed by atoms with Crippen LogP contribution in [0.5, 0.6) is 5.75 Å². The highest BCUT2D eigenvalue weighted by Gasteiger charge is 2.06. The molecule has 0 aromatic heterocycles. The Bertz CT molecular complexity index is 603. The van der Waals surface area contributed by atoms with Crippen molar-refractivity contribution in [3.63, 3.8) is 0 Å². The van der Waals surface area contributed by atoms with Crippen LogP contribution in [0, 0.1) is 5.82 Å². The van der Waals surface area contributed by atoms with E-state index in [2.05, 4.69) is 6.92 Å². The fourth-order valence-electron chi connectivity index (χ4n) is 3.45. The summed E-state index contributed by atoms with van der Waals surface area (Å²) in [6.07, 6.45) is 16.4. The molecule has 1 aromatic carbocycles. The predicted octanol–water partition coefficient (Wildman–Crippen LogP) is 7.54. The molecule has 0 N–H and O–H groups in total. The Morgan fingerprint density at radius 3 is 1.90 bits per heavy atom. The maximum Gasteiger partial charge on any atom is 0.311 e. The first kappa shape index (κ1) is 27.1. The van der Waals surface area contributed by atoms with Crippen LogP contribution in [-0.4, -0.2) is 18.5 Å². The van der Waals surface area contributed by atoms with Gasteiger partial charge in [-0.1, -0.05) is 83.6 Å². The van der Waals surface area contributed by atoms with Gasteiger partial charge < -0.3 is 9.47 Å². The molecule has 0 amide bonds. The number of carbonyl (C=O) groups excluding carboxylic acids is 2. The van der Waals surface area contributed by atoms with E-state index in [1.165, 1.54) is 56.7 Å². The van der Waals surface area contributed by atoms with E-state index in [4.69, 9.17) is 9.47 Å². The highest BCUT2D eigenvalue weighted by molar-refractivity contribution is 5.72. The fourth-order valence-corrected chi connectivity index (χ4v) is 3.45. The Balaban J connectivity index is 1.85. The molecule has 0 radical (unpaired) electrons. The van der Waals surface area contributed by atoms with Gasteiger partial charge in [-0.05, 0) is 31.4 Å². The van der Waals surface area contributed by atoms with Gasteiger partial charge in [-0.2, -0.15) is 0 Å². The van der Waals surface area contributed by atoms with Crippen molar-refractivity contribution < 1.29 is 23.5 Å². The average Bonchev–Trinajstić information content (AvgIpc) is 2.74. The van der Waals surface area contributed by atoms with Gasteiger partial charge in [0.2, 0.25) is 0 Å². The van der Waals surface area contributed by atoms with E-state index in [1.807, 2.05) is 0 Å². The molecule has 0 aliphatic carbocycles. The van der Waals surface area contributed by atoms with E-state index in [0.717, 1.165) is 51.4 Å². The molecule has 1 rings (SSSR count). The van der Waals surface area contributed by atoms with E-state index < -0.39 is 5.82 Å². The molecule has 0 spiro atoms. The molecule has 0 atom stereocenters. The minimum atomic E-state index is -0.414. The van der Waals surface area contributed by atoms with Gasteiger partial charge in [0.25, 0.3) is 0 Å². The van der Waals surface area contributed by atoms with Gasteiger partial charge in [-0.25, -0.2) is 4.39 Å². The van der Waals surface area contributed by atoms with Gasteiger partial charge in [0.1, 0.15) is 11.6 Å². The van der Waals surface area contributed by atoms with Crippen molar-refractivity contribution in [2.24, 2.45) is 0 Å². The molecule has 0 aliphatic heterocycles. The largest absolute Gasteiger partial charge is 0.466 e. The monoisotopic (exact) mass is 436 g/mol. The van der Waals surface area contributed by atoms with E-state index in [-0.39, 0.29) is 17.7 Å². The van der Waals surface area contributed by atoms with Crippen molar-refractivity contribution in [3.8, 4) is 5.75 Å². The number of hydrogen-bond acceptors (Lipinski definition) is 4. The van der Waals surface area contributed by atoms with Crippen molar-refractivity contribution in [1.82, 2.24) is 0 Å². The normalized spacial score (nSPS) is 10.8. The standard InChI is InChI=1S/C26H41FO4/c1-2-3-4-5-6-9-12-15-21-30-25(28)19-13-10-7-8-11-14-20-26(29)31-24-18-16-17-23(27)22-24/h16-18,22H,2-15,19-21H2,1H3. The van der Waals surface area contributed by atoms with Gasteiger partial charge in [0.05, 0.1) is 6.61 Å². The molecular weight excluding hydrogens is 395 g/mol. The van der Waals surface area contributed by atoms with Crippen LogP contribution in [-0.2, 0) is 14.3 Å². The topological polar surface area (TPSA) is 52.6 Å². The van der Waals surface area contributed by atoms with E-state index in [1.54, 1.807) is 6.07 Å². The summed E-state index contributed by atoms with van der Waals surface area (Å²) in [7, 11) is 0. The van der Waals surface area contributed by atoms with Crippen molar-refractivity contribution in [1.29, 1.82) is 0 Å². The average molecular weight is 437 g/mol. The number of unbranched alkanes of at least 4 members (excludes halogenated alkanes) is 12. The van der Waals surface area contributed by atoms with Crippen molar-refractivity contribution >= 4 is 11.9 Å². The summed E-state index contributed by atoms with van der Waals surface area (Å²) < 4.78 is 23.5. The molecule has 31 heavy (non-hydrogen) atoms. The lowest BCUT2D eigenvalue weighted by Gasteiger charge is -2.06. The fraction of sp³-hybridized carbons (Fsp3) is 0.692. The number of carbonyl (C=O) groups is 2. The Morgan fingerprint density at radius 2 is 1.29 bits per heavy atom. The van der Waals surface area contributed by atoms with Crippen LogP contribution < -0.4 is 4.74 Å². The summed E-state index contributed by atoms with van der Waals surface area (Å²) in [4.78, 5) is 23.5. The Morgan fingerprint density at radius 1 is 0.742 bits per heavy atom. The zero-order valence-electron chi connectivity index (χ0n) is 19.3. The van der Waals surface area contributed by atoms with Crippen LogP contribution in [0.1, 0.15) is 110 Å². The van der Waals surface area contributed by atoms with Crippen molar-refractivity contribution in [3.05, 3.63) is 30.1 Å². The lowest BCUT2D eigenvalue weighted by Crippen LogP contribution is -2.07. The van der Waals surface area contributed by atoms with Crippen LogP contribution >= 0.6 is 0 Å². The molecule has 0 saturated carbocycles. The summed E-state index contributed by atoms with van der Waals surface area (Å²) in [6, 6.07) is 5.61. The van der Waals surface area contributed by atoms with E-state index in [9.17, 15) is 14.0 Å². The second-order valence-electron chi connectivity index (χ2n) is 8.25. The number of ether oxygens (including phenoxy) is 2. The first-order valence-electron chi connectivity index (χ1n) is 12.2. The van der Waals surface area contributed by atoms with Crippen LogP contribution in [0.2, 0.25) is 0 Å². The molecule has 0 fully saturated rings. The maximum atomic E-state index is 13.1. The molecule has 0 aliphatic rings. The molecule has 0 saturated heterocycles. The molecular formula is C26H41FO4. The third-order valence-electron chi connectivity index (χ3n) is 5.30. The number of rotatable bonds is 19. The molecule has 5 heteroatoms. The molecule has 0 bridgehead atoms. The number of halogens is 1. The zero-order chi connectivity index (χ0) is 22.6. The SMILES string of the molecule is CCCCCCCCCCOC(=O)CCCCCCCCC(=O)Oc1cccc(F)c1. The Kier molecular flexibility index (Phi) is 16.5. The summed E-state index contributed by atoms with van der Waals surface area (Å²) in [5, 5.41) is 0. The second kappa shape index (κ2) is 18.8.